The zero-order chi connectivity index (χ0) is 16.7. The highest BCUT2D eigenvalue weighted by molar-refractivity contribution is 5.83. The van der Waals surface area contributed by atoms with Crippen LogP contribution in [0.1, 0.15) is 12.5 Å². The number of ether oxygens (including phenoxy) is 1. The molecule has 1 aromatic carbocycles. The third-order valence-corrected chi connectivity index (χ3v) is 3.77. The molecule has 0 radical (unpaired) electrons. The molecule has 6 nitrogen and oxygen atoms in total. The third kappa shape index (κ3) is 5.02. The second-order valence-electron chi connectivity index (χ2n) is 5.44. The molecule has 1 fully saturated rings. The molecule has 6 heteroatoms. The van der Waals surface area contributed by atoms with E-state index in [-0.39, 0.29) is 6.03 Å². The standard InChI is InChI=1S/C17H23N3O3/c1-14(16(21)23-2)18-17(22)20-12-10-19(11-13-20)9-8-15-6-4-3-5-7-15/h3-9,14H,10-13H2,1-2H3,(H,18,22). The molecule has 1 aromatic rings. The van der Waals surface area contributed by atoms with Gasteiger partial charge in [0.1, 0.15) is 6.04 Å². The highest BCUT2D eigenvalue weighted by Gasteiger charge is 2.23. The summed E-state index contributed by atoms with van der Waals surface area (Å²) in [5, 5.41) is 2.65. The monoisotopic (exact) mass is 317 g/mol. The molecule has 1 unspecified atom stereocenters. The lowest BCUT2D eigenvalue weighted by atomic mass is 10.2. The van der Waals surface area contributed by atoms with Crippen molar-refractivity contribution in [2.24, 2.45) is 0 Å². The fourth-order valence-electron chi connectivity index (χ4n) is 2.34. The van der Waals surface area contributed by atoms with Crippen LogP contribution in [0.25, 0.3) is 6.08 Å². The molecule has 1 N–H and O–H groups in total. The first kappa shape index (κ1) is 16.9. The highest BCUT2D eigenvalue weighted by atomic mass is 16.5. The summed E-state index contributed by atoms with van der Waals surface area (Å²) in [6, 6.07) is 9.24. The van der Waals surface area contributed by atoms with Gasteiger partial charge in [-0.2, -0.15) is 0 Å². The summed E-state index contributed by atoms with van der Waals surface area (Å²) in [7, 11) is 1.31. The Morgan fingerprint density at radius 1 is 1.17 bits per heavy atom. The molecule has 23 heavy (non-hydrogen) atoms. The third-order valence-electron chi connectivity index (χ3n) is 3.77. The van der Waals surface area contributed by atoms with Gasteiger partial charge in [0.05, 0.1) is 7.11 Å². The van der Waals surface area contributed by atoms with Crippen LogP contribution in [0.15, 0.2) is 36.5 Å². The molecule has 0 aliphatic carbocycles. The lowest BCUT2D eigenvalue weighted by Crippen LogP contribution is -2.53. The zero-order valence-corrected chi connectivity index (χ0v) is 13.6. The molecule has 1 aliphatic heterocycles. The van der Waals surface area contributed by atoms with E-state index in [1.807, 2.05) is 30.3 Å². The molecule has 1 atom stereocenters. The average molecular weight is 317 g/mol. The Labute approximate surface area is 136 Å². The van der Waals surface area contributed by atoms with E-state index in [0.717, 1.165) is 18.7 Å². The number of methoxy groups -OCH3 is 1. The molecule has 1 saturated heterocycles. The predicted molar refractivity (Wildman–Crippen MR) is 88.6 cm³/mol. The summed E-state index contributed by atoms with van der Waals surface area (Å²) >= 11 is 0. The normalized spacial score (nSPS) is 16.3. The first-order valence-corrected chi connectivity index (χ1v) is 7.70. The van der Waals surface area contributed by atoms with E-state index in [0.29, 0.717) is 13.1 Å². The van der Waals surface area contributed by atoms with Crippen molar-refractivity contribution < 1.29 is 14.3 Å². The van der Waals surface area contributed by atoms with E-state index in [1.54, 1.807) is 11.8 Å². The Morgan fingerprint density at radius 3 is 2.43 bits per heavy atom. The Hall–Kier alpha value is -2.50. The quantitative estimate of drug-likeness (QED) is 0.856. The van der Waals surface area contributed by atoms with Gasteiger partial charge in [0.25, 0.3) is 0 Å². The van der Waals surface area contributed by atoms with Gasteiger partial charge >= 0.3 is 12.0 Å². The molecule has 0 saturated carbocycles. The Balaban J connectivity index is 1.78. The fraction of sp³-hybridized carbons (Fsp3) is 0.412. The van der Waals surface area contributed by atoms with Crippen LogP contribution >= 0.6 is 0 Å². The van der Waals surface area contributed by atoms with Gasteiger partial charge in [-0.1, -0.05) is 30.3 Å². The summed E-state index contributed by atoms with van der Waals surface area (Å²) < 4.78 is 4.60. The minimum absolute atomic E-state index is 0.227. The molecule has 2 amide bonds. The first-order chi connectivity index (χ1) is 11.1. The van der Waals surface area contributed by atoms with Crippen LogP contribution in [-0.4, -0.2) is 61.1 Å². The van der Waals surface area contributed by atoms with Crippen LogP contribution in [0.4, 0.5) is 4.79 Å². The fourth-order valence-corrected chi connectivity index (χ4v) is 2.34. The largest absolute Gasteiger partial charge is 0.467 e. The zero-order valence-electron chi connectivity index (χ0n) is 13.6. The number of benzene rings is 1. The molecule has 0 aromatic heterocycles. The van der Waals surface area contributed by atoms with Crippen LogP contribution in [0, 0.1) is 0 Å². The van der Waals surface area contributed by atoms with Crippen molar-refractivity contribution in [3.8, 4) is 0 Å². The number of nitrogens with one attached hydrogen (secondary N) is 1. The van der Waals surface area contributed by atoms with Gasteiger partial charge in [-0.25, -0.2) is 9.59 Å². The topological polar surface area (TPSA) is 61.9 Å². The van der Waals surface area contributed by atoms with Gasteiger partial charge in [-0.05, 0) is 24.8 Å². The SMILES string of the molecule is COC(=O)C(C)NC(=O)N1CCN(C=Cc2ccccc2)CC1. The lowest BCUT2D eigenvalue weighted by molar-refractivity contribution is -0.142. The van der Waals surface area contributed by atoms with Crippen molar-refractivity contribution in [2.45, 2.75) is 13.0 Å². The van der Waals surface area contributed by atoms with Crippen molar-refractivity contribution in [1.82, 2.24) is 15.1 Å². The highest BCUT2D eigenvalue weighted by Crippen LogP contribution is 2.07. The maximum atomic E-state index is 12.1. The summed E-state index contributed by atoms with van der Waals surface area (Å²) in [5.74, 6) is -0.442. The van der Waals surface area contributed by atoms with E-state index in [2.05, 4.69) is 27.2 Å². The number of esters is 1. The summed E-state index contributed by atoms with van der Waals surface area (Å²) in [6.45, 7) is 4.40. The number of carbonyl (C=O) groups excluding carboxylic acids is 2. The van der Waals surface area contributed by atoms with Crippen molar-refractivity contribution in [1.29, 1.82) is 0 Å². The number of nitrogens with zero attached hydrogens (tertiary/aromatic N) is 2. The number of piperazine rings is 1. The van der Waals surface area contributed by atoms with Crippen LogP contribution in [-0.2, 0) is 9.53 Å². The minimum atomic E-state index is -0.636. The molecule has 0 bridgehead atoms. The second-order valence-corrected chi connectivity index (χ2v) is 5.44. The summed E-state index contributed by atoms with van der Waals surface area (Å²) in [5.41, 5.74) is 1.15. The maximum Gasteiger partial charge on any atom is 0.328 e. The van der Waals surface area contributed by atoms with Crippen LogP contribution < -0.4 is 5.32 Å². The number of carbonyl (C=O) groups is 2. The van der Waals surface area contributed by atoms with Gasteiger partial charge in [0, 0.05) is 26.2 Å². The van der Waals surface area contributed by atoms with E-state index in [1.165, 1.54) is 7.11 Å². The number of rotatable bonds is 4. The Morgan fingerprint density at radius 2 is 1.83 bits per heavy atom. The molecule has 0 spiro atoms. The molecule has 1 aliphatic rings. The van der Waals surface area contributed by atoms with Crippen molar-refractivity contribution in [3.05, 3.63) is 42.1 Å². The van der Waals surface area contributed by atoms with E-state index >= 15 is 0 Å². The van der Waals surface area contributed by atoms with Gasteiger partial charge < -0.3 is 19.9 Å². The van der Waals surface area contributed by atoms with Crippen molar-refractivity contribution >= 4 is 18.1 Å². The summed E-state index contributed by atoms with van der Waals surface area (Å²) in [4.78, 5) is 27.3. The van der Waals surface area contributed by atoms with Crippen molar-refractivity contribution in [3.63, 3.8) is 0 Å². The van der Waals surface area contributed by atoms with E-state index in [9.17, 15) is 9.59 Å². The maximum absolute atomic E-state index is 12.1. The average Bonchev–Trinajstić information content (AvgIpc) is 2.60. The molecule has 124 valence electrons. The van der Waals surface area contributed by atoms with E-state index in [4.69, 9.17) is 0 Å². The van der Waals surface area contributed by atoms with Gasteiger partial charge in [0.2, 0.25) is 0 Å². The number of urea groups is 1. The number of amides is 2. The Kier molecular flexibility index (Phi) is 6.02. The molecular weight excluding hydrogens is 294 g/mol. The van der Waals surface area contributed by atoms with Crippen LogP contribution in [0.3, 0.4) is 0 Å². The molecular formula is C17H23N3O3. The lowest BCUT2D eigenvalue weighted by Gasteiger charge is -2.34. The summed E-state index contributed by atoms with van der Waals surface area (Å²) in [6.07, 6.45) is 4.12. The van der Waals surface area contributed by atoms with Crippen LogP contribution in [0.2, 0.25) is 0 Å². The second kappa shape index (κ2) is 8.22. The molecule has 2 rings (SSSR count). The minimum Gasteiger partial charge on any atom is -0.467 e. The van der Waals surface area contributed by atoms with Crippen molar-refractivity contribution in [2.75, 3.05) is 33.3 Å². The van der Waals surface area contributed by atoms with E-state index < -0.39 is 12.0 Å². The smallest absolute Gasteiger partial charge is 0.328 e. The molecule has 1 heterocycles. The first-order valence-electron chi connectivity index (χ1n) is 7.70. The van der Waals surface area contributed by atoms with Gasteiger partial charge in [0.15, 0.2) is 0 Å². The van der Waals surface area contributed by atoms with Crippen LogP contribution in [0.5, 0.6) is 0 Å². The van der Waals surface area contributed by atoms with Gasteiger partial charge in [-0.3, -0.25) is 0 Å². The number of hydrogen-bond acceptors (Lipinski definition) is 4. The van der Waals surface area contributed by atoms with Gasteiger partial charge in [-0.15, -0.1) is 0 Å². The Bertz CT molecular complexity index is 551. The predicted octanol–water partition coefficient (Wildman–Crippen LogP) is 1.55. The number of hydrogen-bond donors (Lipinski definition) is 1.